The first-order valence-corrected chi connectivity index (χ1v) is 9.72. The second-order valence-corrected chi connectivity index (χ2v) is 8.37. The fourth-order valence-electron chi connectivity index (χ4n) is 4.48. The van der Waals surface area contributed by atoms with Crippen LogP contribution < -0.4 is 0 Å². The van der Waals surface area contributed by atoms with Crippen molar-refractivity contribution in [3.63, 3.8) is 0 Å². The Hall–Kier alpha value is -0.0300. The van der Waals surface area contributed by atoms with Crippen LogP contribution in [0.5, 0.6) is 0 Å². The van der Waals surface area contributed by atoms with Crippen LogP contribution in [0.25, 0.3) is 0 Å². The number of nitrogens with zero attached hydrogens (tertiary/aromatic N) is 2. The van der Waals surface area contributed by atoms with Gasteiger partial charge in [0.25, 0.3) is 0 Å². The summed E-state index contributed by atoms with van der Waals surface area (Å²) in [5.41, 5.74) is 0.610. The molecule has 0 amide bonds. The van der Waals surface area contributed by atoms with E-state index in [-0.39, 0.29) is 30.7 Å². The molecule has 0 aromatic heterocycles. The molecule has 2 fully saturated rings. The van der Waals surface area contributed by atoms with Crippen LogP contribution in [-0.2, 0) is 0 Å². The Morgan fingerprint density at radius 2 is 1.92 bits per heavy atom. The van der Waals surface area contributed by atoms with E-state index in [1.807, 2.05) is 12.1 Å². The van der Waals surface area contributed by atoms with Crippen molar-refractivity contribution in [2.75, 3.05) is 33.7 Å². The van der Waals surface area contributed by atoms with E-state index in [9.17, 15) is 5.11 Å². The van der Waals surface area contributed by atoms with Crippen molar-refractivity contribution in [3.05, 3.63) is 34.9 Å². The van der Waals surface area contributed by atoms with Crippen LogP contribution in [0.3, 0.4) is 0 Å². The summed E-state index contributed by atoms with van der Waals surface area (Å²) in [4.78, 5) is 4.85. The van der Waals surface area contributed by atoms with E-state index in [2.05, 4.69) is 36.0 Å². The van der Waals surface area contributed by atoms with Crippen molar-refractivity contribution in [2.45, 2.75) is 56.1 Å². The number of benzene rings is 1. The van der Waals surface area contributed by atoms with Crippen molar-refractivity contribution in [1.82, 2.24) is 9.80 Å². The van der Waals surface area contributed by atoms with Gasteiger partial charge in [0, 0.05) is 30.1 Å². The maximum atomic E-state index is 11.4. The van der Waals surface area contributed by atoms with Gasteiger partial charge in [-0.1, -0.05) is 43.0 Å². The van der Waals surface area contributed by atoms with E-state index in [1.54, 1.807) is 0 Å². The average Bonchev–Trinajstić information content (AvgIpc) is 3.02. The molecule has 2 aliphatic rings. The van der Waals surface area contributed by atoms with Crippen LogP contribution in [0.4, 0.5) is 0 Å². The summed E-state index contributed by atoms with van der Waals surface area (Å²) in [6.45, 7) is 3.15. The van der Waals surface area contributed by atoms with Crippen LogP contribution in [0, 0.1) is 0 Å². The number of hydrogen-bond donors (Lipinski definition) is 1. The van der Waals surface area contributed by atoms with E-state index in [0.717, 1.165) is 50.3 Å². The number of likely N-dealkylation sites (tertiary alicyclic amines) is 1. The molecule has 1 N–H and O–H groups in total. The molecule has 1 saturated heterocycles. The highest BCUT2D eigenvalue weighted by Crippen LogP contribution is 2.41. The minimum Gasteiger partial charge on any atom is -0.389 e. The van der Waals surface area contributed by atoms with Gasteiger partial charge in [-0.2, -0.15) is 0 Å². The Balaban J connectivity index is 0.00000169. The van der Waals surface area contributed by atoms with E-state index in [4.69, 9.17) is 11.6 Å². The van der Waals surface area contributed by atoms with Gasteiger partial charge in [-0.3, -0.25) is 0 Å². The monoisotopic (exact) mass is 422 g/mol. The van der Waals surface area contributed by atoms with Crippen LogP contribution in [0.15, 0.2) is 24.3 Å². The summed E-state index contributed by atoms with van der Waals surface area (Å²) < 4.78 is 0. The summed E-state index contributed by atoms with van der Waals surface area (Å²) in [5.74, 6) is 0.150. The predicted octanol–water partition coefficient (Wildman–Crippen LogP) is 4.60. The molecule has 2 atom stereocenters. The second kappa shape index (κ2) is 10.5. The molecule has 1 aliphatic heterocycles. The molecule has 1 unspecified atom stereocenters. The third kappa shape index (κ3) is 5.73. The van der Waals surface area contributed by atoms with Gasteiger partial charge in [-0.15, -0.1) is 24.8 Å². The maximum Gasteiger partial charge on any atom is 0.0728 e. The third-order valence-electron chi connectivity index (χ3n) is 6.04. The molecule has 26 heavy (non-hydrogen) atoms. The molecule has 1 saturated carbocycles. The molecular formula is C20H33Cl3N2O. The quantitative estimate of drug-likeness (QED) is 0.750. The Labute approximate surface area is 175 Å². The summed E-state index contributed by atoms with van der Waals surface area (Å²) in [5, 5.41) is 12.2. The minimum absolute atomic E-state index is 0. The number of rotatable bonds is 5. The largest absolute Gasteiger partial charge is 0.389 e. The Morgan fingerprint density at radius 3 is 2.50 bits per heavy atom. The molecule has 6 heteroatoms. The van der Waals surface area contributed by atoms with Gasteiger partial charge in [0.15, 0.2) is 0 Å². The van der Waals surface area contributed by atoms with Crippen LogP contribution in [0.1, 0.15) is 50.0 Å². The number of likely N-dealkylation sites (N-methyl/N-ethyl adjacent to an activating group) is 1. The van der Waals surface area contributed by atoms with Gasteiger partial charge < -0.3 is 14.9 Å². The first kappa shape index (κ1) is 24.0. The van der Waals surface area contributed by atoms with Crippen molar-refractivity contribution >= 4 is 36.4 Å². The summed E-state index contributed by atoms with van der Waals surface area (Å²) >= 11 is 6.25. The highest BCUT2D eigenvalue weighted by atomic mass is 35.5. The Morgan fingerprint density at radius 1 is 1.23 bits per heavy atom. The molecule has 150 valence electrons. The zero-order valence-electron chi connectivity index (χ0n) is 15.9. The van der Waals surface area contributed by atoms with Gasteiger partial charge >= 0.3 is 0 Å². The maximum absolute atomic E-state index is 11.4. The molecule has 1 aromatic rings. The van der Waals surface area contributed by atoms with E-state index < -0.39 is 5.60 Å². The summed E-state index contributed by atoms with van der Waals surface area (Å²) in [6, 6.07) is 8.76. The van der Waals surface area contributed by atoms with Crippen molar-refractivity contribution in [1.29, 1.82) is 0 Å². The van der Waals surface area contributed by atoms with E-state index >= 15 is 0 Å². The first-order valence-electron chi connectivity index (χ1n) is 9.34. The molecule has 0 spiro atoms. The van der Waals surface area contributed by atoms with Crippen molar-refractivity contribution < 1.29 is 5.11 Å². The lowest BCUT2D eigenvalue weighted by Gasteiger charge is -2.41. The molecule has 3 nitrogen and oxygen atoms in total. The van der Waals surface area contributed by atoms with Crippen LogP contribution in [-0.4, -0.2) is 60.3 Å². The number of hydrogen-bond acceptors (Lipinski definition) is 3. The summed E-state index contributed by atoms with van der Waals surface area (Å²) in [6.07, 6.45) is 6.55. The minimum atomic E-state index is -0.584. The van der Waals surface area contributed by atoms with Gasteiger partial charge in [-0.05, 0) is 57.6 Å². The molecule has 1 heterocycles. The zero-order chi connectivity index (χ0) is 17.2. The molecule has 0 radical (unpaired) electrons. The average molecular weight is 424 g/mol. The summed E-state index contributed by atoms with van der Waals surface area (Å²) in [7, 11) is 4.33. The predicted molar refractivity (Wildman–Crippen MR) is 115 cm³/mol. The van der Waals surface area contributed by atoms with Gasteiger partial charge in [0.1, 0.15) is 0 Å². The lowest BCUT2D eigenvalue weighted by Crippen LogP contribution is -2.44. The van der Waals surface area contributed by atoms with Crippen molar-refractivity contribution in [3.8, 4) is 0 Å². The van der Waals surface area contributed by atoms with E-state index in [0.29, 0.717) is 6.04 Å². The molecule has 1 aliphatic carbocycles. The highest BCUT2D eigenvalue weighted by Gasteiger charge is 2.40. The zero-order valence-corrected chi connectivity index (χ0v) is 18.3. The molecule has 0 bridgehead atoms. The van der Waals surface area contributed by atoms with Crippen molar-refractivity contribution in [2.24, 2.45) is 0 Å². The fourth-order valence-corrected chi connectivity index (χ4v) is 4.68. The SMILES string of the molecule is CN(C)[C@H]1CCN(CC(c2cccc(Cl)c2)C2(O)CCCCC2)C1.Cl.Cl. The lowest BCUT2D eigenvalue weighted by molar-refractivity contribution is -0.0296. The third-order valence-corrected chi connectivity index (χ3v) is 6.27. The smallest absolute Gasteiger partial charge is 0.0728 e. The number of halogens is 3. The van der Waals surface area contributed by atoms with Crippen LogP contribution in [0.2, 0.25) is 5.02 Å². The first-order chi connectivity index (χ1) is 11.5. The Kier molecular flexibility index (Phi) is 9.69. The fraction of sp³-hybridized carbons (Fsp3) is 0.700. The lowest BCUT2D eigenvalue weighted by atomic mass is 9.72. The standard InChI is InChI=1S/C20H31ClN2O.2ClH/c1-22(2)18-9-12-23(14-18)15-19(16-7-6-8-17(21)13-16)20(24)10-4-3-5-11-20;;/h6-8,13,18-19,24H,3-5,9-12,14-15H2,1-2H3;2*1H/t18-,19?;;/m0../s1. The van der Waals surface area contributed by atoms with Gasteiger partial charge in [0.2, 0.25) is 0 Å². The topological polar surface area (TPSA) is 26.7 Å². The van der Waals surface area contributed by atoms with Gasteiger partial charge in [0.05, 0.1) is 5.60 Å². The molecule has 3 rings (SSSR count). The molecular weight excluding hydrogens is 391 g/mol. The van der Waals surface area contributed by atoms with Gasteiger partial charge in [-0.25, -0.2) is 0 Å². The van der Waals surface area contributed by atoms with Crippen LogP contribution >= 0.6 is 36.4 Å². The van der Waals surface area contributed by atoms with E-state index in [1.165, 1.54) is 18.4 Å². The Bertz CT molecular complexity index is 550. The molecule has 1 aromatic carbocycles. The highest BCUT2D eigenvalue weighted by molar-refractivity contribution is 6.30. The number of aliphatic hydroxyl groups is 1. The normalized spacial score (nSPS) is 24.0. The second-order valence-electron chi connectivity index (χ2n) is 7.94.